The summed E-state index contributed by atoms with van der Waals surface area (Å²) in [7, 11) is 4.12. The van der Waals surface area contributed by atoms with Crippen molar-refractivity contribution in [1.29, 1.82) is 0 Å². The number of rotatable bonds is 5. The van der Waals surface area contributed by atoms with E-state index in [1.54, 1.807) is 0 Å². The molecule has 0 rings (SSSR count). The summed E-state index contributed by atoms with van der Waals surface area (Å²) in [5, 5.41) is 0. The van der Waals surface area contributed by atoms with E-state index in [0.29, 0.717) is 0 Å². The van der Waals surface area contributed by atoms with Crippen molar-refractivity contribution in [3.8, 4) is 0 Å². The number of hydrogen-bond donors (Lipinski definition) is 0. The Morgan fingerprint density at radius 1 is 1.25 bits per heavy atom. The first kappa shape index (κ1) is 13.9. The van der Waals surface area contributed by atoms with Gasteiger partial charge in [-0.2, -0.15) is 0 Å². The lowest BCUT2D eigenvalue weighted by Crippen LogP contribution is -2.13. The predicted molar refractivity (Wildman–Crippen MR) is 52.1 cm³/mol. The smallest absolute Gasteiger partial charge is 0.0892 e. The molecule has 0 aromatic carbocycles. The molecule has 0 aliphatic rings. The van der Waals surface area contributed by atoms with Gasteiger partial charge in [0.15, 0.2) is 0 Å². The molecule has 0 aromatic rings. The van der Waals surface area contributed by atoms with Gasteiger partial charge in [-0.3, -0.25) is 0 Å². The largest absolute Gasteiger partial charge is 0.412 e. The molecule has 0 saturated carbocycles. The molecule has 0 fully saturated rings. The van der Waals surface area contributed by atoms with Crippen LogP contribution >= 0.6 is 0 Å². The van der Waals surface area contributed by atoms with Gasteiger partial charge in [0.1, 0.15) is 0 Å². The molecule has 0 unspecified atom stereocenters. The molecule has 0 atom stereocenters. The van der Waals surface area contributed by atoms with Crippen LogP contribution in [0.3, 0.4) is 0 Å². The molecule has 0 aromatic heterocycles. The third-order valence-electron chi connectivity index (χ3n) is 1.17. The van der Waals surface area contributed by atoms with Crippen molar-refractivity contribution in [3.05, 3.63) is 0 Å². The van der Waals surface area contributed by atoms with Crippen molar-refractivity contribution in [3.63, 3.8) is 0 Å². The average Bonchev–Trinajstić information content (AvgIpc) is 1.96. The Hall–Kier alpha value is -0.700. The Morgan fingerprint density at radius 2 is 1.92 bits per heavy atom. The van der Waals surface area contributed by atoms with E-state index in [0.717, 1.165) is 26.1 Å². The van der Waals surface area contributed by atoms with Gasteiger partial charge in [0.2, 0.25) is 0 Å². The van der Waals surface area contributed by atoms with Crippen LogP contribution in [0.4, 0.5) is 0 Å². The van der Waals surface area contributed by atoms with E-state index in [1.807, 2.05) is 6.92 Å². The van der Waals surface area contributed by atoms with E-state index in [2.05, 4.69) is 35.0 Å². The van der Waals surface area contributed by atoms with Crippen molar-refractivity contribution in [2.75, 3.05) is 33.7 Å². The molecule has 0 spiro atoms. The highest BCUT2D eigenvalue weighted by atomic mass is 16.0. The van der Waals surface area contributed by atoms with Gasteiger partial charge in [-0.25, -0.2) is 9.98 Å². The molecule has 0 radical (unpaired) electrons. The topological polar surface area (TPSA) is 59.5 Å². The summed E-state index contributed by atoms with van der Waals surface area (Å²) in [5.74, 6) is 0. The molecule has 0 saturated heterocycles. The molecular weight excluding hydrogens is 154 g/mol. The second-order valence-corrected chi connectivity index (χ2v) is 2.61. The monoisotopic (exact) mass is 173 g/mol. The lowest BCUT2D eigenvalue weighted by molar-refractivity contribution is 0.403. The standard InChI is InChI=1S/C8H17N3.H2O/c1-4-9-8-10-6-5-7-11(2)3;/h4-7H2,1-3H3;1H2. The number of hydrogen-bond acceptors (Lipinski definition) is 3. The highest BCUT2D eigenvalue weighted by Gasteiger charge is 1.86. The van der Waals surface area contributed by atoms with Crippen LogP contribution in [0.15, 0.2) is 9.98 Å². The fourth-order valence-electron chi connectivity index (χ4n) is 0.637. The summed E-state index contributed by atoms with van der Waals surface area (Å²) in [4.78, 5) is 9.99. The molecule has 0 heterocycles. The van der Waals surface area contributed by atoms with Gasteiger partial charge in [-0.1, -0.05) is 0 Å². The van der Waals surface area contributed by atoms with Crippen molar-refractivity contribution in [1.82, 2.24) is 4.90 Å². The maximum atomic E-state index is 3.99. The summed E-state index contributed by atoms with van der Waals surface area (Å²) in [5.41, 5.74) is 0. The van der Waals surface area contributed by atoms with Crippen molar-refractivity contribution in [2.24, 2.45) is 9.98 Å². The van der Waals surface area contributed by atoms with Gasteiger partial charge < -0.3 is 10.4 Å². The normalized spacial score (nSPS) is 8.67. The van der Waals surface area contributed by atoms with Crippen LogP contribution in [-0.4, -0.2) is 50.1 Å². The molecule has 0 amide bonds. The summed E-state index contributed by atoms with van der Waals surface area (Å²) in [6.45, 7) is 4.67. The molecule has 0 aliphatic carbocycles. The van der Waals surface area contributed by atoms with Gasteiger partial charge in [-0.05, 0) is 34.0 Å². The molecule has 0 bridgehead atoms. The first-order chi connectivity index (χ1) is 5.27. The molecule has 4 heteroatoms. The fraction of sp³-hybridized carbons (Fsp3) is 0.875. The Morgan fingerprint density at radius 3 is 2.42 bits per heavy atom. The van der Waals surface area contributed by atoms with Gasteiger partial charge in [0.05, 0.1) is 12.6 Å². The highest BCUT2D eigenvalue weighted by Crippen LogP contribution is 1.82. The Labute approximate surface area is 74.3 Å². The quantitative estimate of drug-likeness (QED) is 0.436. The van der Waals surface area contributed by atoms with Crippen LogP contribution in [0.25, 0.3) is 0 Å². The minimum atomic E-state index is 0. The van der Waals surface area contributed by atoms with Crippen LogP contribution in [-0.2, 0) is 0 Å². The zero-order chi connectivity index (χ0) is 8.53. The SMILES string of the molecule is CCN=C=NCCCN(C)C.O. The summed E-state index contributed by atoms with van der Waals surface area (Å²) in [6, 6.07) is 2.64. The number of nitrogens with zero attached hydrogens (tertiary/aromatic N) is 3. The Kier molecular flexibility index (Phi) is 11.9. The first-order valence-corrected chi connectivity index (χ1v) is 4.00. The summed E-state index contributed by atoms with van der Waals surface area (Å²) >= 11 is 0. The molecular formula is C8H19N3O. The highest BCUT2D eigenvalue weighted by molar-refractivity contribution is 5.40. The van der Waals surface area contributed by atoms with Crippen molar-refractivity contribution in [2.45, 2.75) is 13.3 Å². The minimum absolute atomic E-state index is 0. The van der Waals surface area contributed by atoms with E-state index in [4.69, 9.17) is 0 Å². The summed E-state index contributed by atoms with van der Waals surface area (Å²) in [6.07, 6.45) is 1.08. The lowest BCUT2D eigenvalue weighted by atomic mass is 10.4. The molecule has 4 nitrogen and oxygen atoms in total. The van der Waals surface area contributed by atoms with E-state index in [1.165, 1.54) is 0 Å². The maximum Gasteiger partial charge on any atom is 0.0892 e. The maximum absolute atomic E-state index is 3.99. The second kappa shape index (κ2) is 10.3. The van der Waals surface area contributed by atoms with Crippen LogP contribution in [0, 0.1) is 0 Å². The fourth-order valence-corrected chi connectivity index (χ4v) is 0.637. The third-order valence-corrected chi connectivity index (χ3v) is 1.17. The van der Waals surface area contributed by atoms with Crippen LogP contribution in [0.2, 0.25) is 0 Å². The van der Waals surface area contributed by atoms with Crippen molar-refractivity contribution < 1.29 is 5.48 Å². The third kappa shape index (κ3) is 12.0. The van der Waals surface area contributed by atoms with E-state index in [-0.39, 0.29) is 5.48 Å². The Balaban J connectivity index is 0. The van der Waals surface area contributed by atoms with Crippen LogP contribution in [0.5, 0.6) is 0 Å². The van der Waals surface area contributed by atoms with Crippen LogP contribution < -0.4 is 0 Å². The zero-order valence-electron chi connectivity index (χ0n) is 8.17. The summed E-state index contributed by atoms with van der Waals surface area (Å²) < 4.78 is 0. The molecule has 2 N–H and O–H groups in total. The average molecular weight is 173 g/mol. The molecule has 12 heavy (non-hydrogen) atoms. The Bertz CT molecular complexity index is 139. The van der Waals surface area contributed by atoms with E-state index < -0.39 is 0 Å². The number of aliphatic imine (C=N–C) groups is 2. The van der Waals surface area contributed by atoms with Gasteiger partial charge in [0, 0.05) is 6.54 Å². The van der Waals surface area contributed by atoms with Crippen molar-refractivity contribution >= 4 is 6.01 Å². The van der Waals surface area contributed by atoms with Gasteiger partial charge in [0.25, 0.3) is 0 Å². The second-order valence-electron chi connectivity index (χ2n) is 2.61. The minimum Gasteiger partial charge on any atom is -0.412 e. The predicted octanol–water partition coefficient (Wildman–Crippen LogP) is 0.307. The molecule has 0 aliphatic heterocycles. The molecule has 72 valence electrons. The van der Waals surface area contributed by atoms with Gasteiger partial charge in [-0.15, -0.1) is 0 Å². The van der Waals surface area contributed by atoms with Crippen LogP contribution in [0.1, 0.15) is 13.3 Å². The van der Waals surface area contributed by atoms with E-state index >= 15 is 0 Å². The van der Waals surface area contributed by atoms with E-state index in [9.17, 15) is 0 Å². The zero-order valence-corrected chi connectivity index (χ0v) is 8.17. The lowest BCUT2D eigenvalue weighted by Gasteiger charge is -2.05. The first-order valence-electron chi connectivity index (χ1n) is 4.00. The van der Waals surface area contributed by atoms with Gasteiger partial charge >= 0.3 is 0 Å².